The zero-order valence-corrected chi connectivity index (χ0v) is 12.4. The fraction of sp³-hybridized carbons (Fsp3) is 0.286. The highest BCUT2D eigenvalue weighted by Gasteiger charge is 2.34. The number of unbranched alkanes of at least 4 members (excludes halogenated alkanes) is 2. The van der Waals surface area contributed by atoms with Crippen LogP contribution in [0.2, 0.25) is 0 Å². The van der Waals surface area contributed by atoms with Gasteiger partial charge in [0.2, 0.25) is 0 Å². The summed E-state index contributed by atoms with van der Waals surface area (Å²) >= 11 is 1.61. The second kappa shape index (κ2) is 6.27. The number of hydrogen-bond donors (Lipinski definition) is 0. The molecule has 0 aliphatic carbocycles. The monoisotopic (exact) mass is 373 g/mol. The van der Waals surface area contributed by atoms with Crippen LogP contribution >= 0.6 is 22.6 Å². The third-order valence-corrected chi connectivity index (χ3v) is 3.45. The van der Waals surface area contributed by atoms with E-state index in [2.05, 4.69) is 0 Å². The van der Waals surface area contributed by atoms with Crippen LogP contribution in [0.3, 0.4) is 0 Å². The Morgan fingerprint density at radius 3 is 2.26 bits per heavy atom. The van der Waals surface area contributed by atoms with Gasteiger partial charge in [0.05, 0.1) is 11.1 Å². The summed E-state index contributed by atoms with van der Waals surface area (Å²) in [4.78, 5) is 25.3. The van der Waals surface area contributed by atoms with Gasteiger partial charge >= 0.3 is 0 Å². The van der Waals surface area contributed by atoms with Crippen molar-refractivity contribution in [3.63, 3.8) is 0 Å². The maximum Gasteiger partial charge on any atom is 0.261 e. The molecule has 3 nitrogen and oxygen atoms in total. The van der Waals surface area contributed by atoms with E-state index in [0.717, 1.165) is 6.42 Å². The Labute approximate surface area is 124 Å². The Morgan fingerprint density at radius 1 is 1.16 bits per heavy atom. The van der Waals surface area contributed by atoms with Crippen LogP contribution < -0.4 is 0 Å². The average molecular weight is 373 g/mol. The van der Waals surface area contributed by atoms with Crippen molar-refractivity contribution in [1.29, 1.82) is 0 Å². The van der Waals surface area contributed by atoms with Gasteiger partial charge in [-0.2, -0.15) is 0 Å². The predicted octanol–water partition coefficient (Wildman–Crippen LogP) is 3.70. The second-order valence-corrected chi connectivity index (χ2v) is 5.33. The van der Waals surface area contributed by atoms with Crippen molar-refractivity contribution in [2.24, 2.45) is 0 Å². The Kier molecular flexibility index (Phi) is 4.68. The molecule has 1 aromatic carbocycles. The summed E-state index contributed by atoms with van der Waals surface area (Å²) in [6.07, 6.45) is 3.57. The van der Waals surface area contributed by atoms with E-state index >= 15 is 0 Å². The standard InChI is InChI=1S/C14H13FINO2/c15-12(16)8-2-1-5-9-17-13(18)10-6-3-4-7-11(10)14(17)19/h3-4,6-8H,1-2,5,9H2/b12-8-. The van der Waals surface area contributed by atoms with Crippen molar-refractivity contribution in [2.75, 3.05) is 6.54 Å². The first-order valence-corrected chi connectivity index (χ1v) is 7.15. The number of rotatable bonds is 5. The van der Waals surface area contributed by atoms with Gasteiger partial charge in [-0.25, -0.2) is 4.39 Å². The molecule has 1 aliphatic rings. The van der Waals surface area contributed by atoms with Crippen molar-refractivity contribution in [3.8, 4) is 0 Å². The first kappa shape index (κ1) is 14.2. The van der Waals surface area contributed by atoms with E-state index in [1.807, 2.05) is 0 Å². The number of imide groups is 1. The van der Waals surface area contributed by atoms with Gasteiger partial charge in [-0.05, 0) is 60.1 Å². The van der Waals surface area contributed by atoms with Gasteiger partial charge < -0.3 is 0 Å². The molecule has 1 aliphatic heterocycles. The van der Waals surface area contributed by atoms with Crippen LogP contribution in [0, 0.1) is 0 Å². The smallest absolute Gasteiger partial charge is 0.261 e. The van der Waals surface area contributed by atoms with Gasteiger partial charge in [-0.1, -0.05) is 12.1 Å². The van der Waals surface area contributed by atoms with Crippen molar-refractivity contribution >= 4 is 34.4 Å². The molecule has 1 aromatic rings. The minimum Gasteiger partial charge on any atom is -0.274 e. The summed E-state index contributed by atoms with van der Waals surface area (Å²) < 4.78 is 12.2. The quantitative estimate of drug-likeness (QED) is 0.449. The molecule has 1 heterocycles. The lowest BCUT2D eigenvalue weighted by Gasteiger charge is -2.12. The lowest BCUT2D eigenvalue weighted by molar-refractivity contribution is 0.0652. The Morgan fingerprint density at radius 2 is 1.74 bits per heavy atom. The highest BCUT2D eigenvalue weighted by atomic mass is 127. The normalized spacial score (nSPS) is 15.1. The lowest BCUT2D eigenvalue weighted by Crippen LogP contribution is -2.30. The number of fused-ring (bicyclic) bond motifs is 1. The summed E-state index contributed by atoms with van der Waals surface area (Å²) in [6, 6.07) is 6.84. The maximum atomic E-state index is 12.5. The highest BCUT2D eigenvalue weighted by molar-refractivity contribution is 14.1. The summed E-state index contributed by atoms with van der Waals surface area (Å²) in [5, 5.41) is 0. The zero-order valence-electron chi connectivity index (χ0n) is 10.2. The molecule has 2 rings (SSSR count). The number of hydrogen-bond acceptors (Lipinski definition) is 2. The molecular formula is C14H13FINO2. The molecule has 5 heteroatoms. The minimum absolute atomic E-state index is 0.224. The Bertz CT molecular complexity index is 503. The number of carbonyl (C=O) groups is 2. The molecule has 0 N–H and O–H groups in total. The van der Waals surface area contributed by atoms with E-state index in [-0.39, 0.29) is 15.6 Å². The summed E-state index contributed by atoms with van der Waals surface area (Å²) in [5.41, 5.74) is 0.955. The van der Waals surface area contributed by atoms with Gasteiger partial charge in [-0.15, -0.1) is 0 Å². The average Bonchev–Trinajstić information content (AvgIpc) is 2.63. The maximum absolute atomic E-state index is 12.5. The molecule has 0 unspecified atom stereocenters. The summed E-state index contributed by atoms with van der Waals surface area (Å²) in [7, 11) is 0. The Balaban J connectivity index is 1.92. The molecule has 2 amide bonds. The fourth-order valence-corrected chi connectivity index (χ4v) is 2.38. The van der Waals surface area contributed by atoms with E-state index in [0.29, 0.717) is 30.5 Å². The number of allylic oxidation sites excluding steroid dienone is 1. The van der Waals surface area contributed by atoms with Crippen LogP contribution in [-0.2, 0) is 0 Å². The molecule has 0 radical (unpaired) electrons. The fourth-order valence-electron chi connectivity index (χ4n) is 2.07. The van der Waals surface area contributed by atoms with Crippen LogP contribution in [0.1, 0.15) is 40.0 Å². The number of carbonyl (C=O) groups excluding carboxylic acids is 2. The molecule has 0 spiro atoms. The highest BCUT2D eigenvalue weighted by Crippen LogP contribution is 2.22. The van der Waals surface area contributed by atoms with Crippen LogP contribution in [0.4, 0.5) is 4.39 Å². The third kappa shape index (κ3) is 3.20. The third-order valence-electron chi connectivity index (χ3n) is 3.01. The molecule has 19 heavy (non-hydrogen) atoms. The van der Waals surface area contributed by atoms with E-state index in [1.165, 1.54) is 11.0 Å². The summed E-state index contributed by atoms with van der Waals surface area (Å²) in [6.45, 7) is 0.392. The number of amides is 2. The van der Waals surface area contributed by atoms with Crippen molar-refractivity contribution < 1.29 is 14.0 Å². The van der Waals surface area contributed by atoms with Gasteiger partial charge in [0.25, 0.3) is 11.8 Å². The lowest BCUT2D eigenvalue weighted by atomic mass is 10.1. The van der Waals surface area contributed by atoms with E-state index in [9.17, 15) is 14.0 Å². The molecule has 0 saturated carbocycles. The molecule has 0 bridgehead atoms. The van der Waals surface area contributed by atoms with E-state index in [1.54, 1.807) is 46.9 Å². The minimum atomic E-state index is -0.226. The Hall–Kier alpha value is -1.24. The van der Waals surface area contributed by atoms with Crippen molar-refractivity contribution in [1.82, 2.24) is 4.90 Å². The van der Waals surface area contributed by atoms with Crippen LogP contribution in [0.25, 0.3) is 0 Å². The van der Waals surface area contributed by atoms with Crippen LogP contribution in [0.15, 0.2) is 34.2 Å². The van der Waals surface area contributed by atoms with Gasteiger partial charge in [0.15, 0.2) is 3.83 Å². The molecule has 100 valence electrons. The predicted molar refractivity (Wildman–Crippen MR) is 78.9 cm³/mol. The zero-order chi connectivity index (χ0) is 13.8. The summed E-state index contributed by atoms with van der Waals surface area (Å²) in [5.74, 6) is -0.451. The van der Waals surface area contributed by atoms with E-state index in [4.69, 9.17) is 0 Å². The van der Waals surface area contributed by atoms with Crippen molar-refractivity contribution in [2.45, 2.75) is 19.3 Å². The van der Waals surface area contributed by atoms with Crippen LogP contribution in [-0.4, -0.2) is 23.3 Å². The van der Waals surface area contributed by atoms with Gasteiger partial charge in [0, 0.05) is 6.54 Å². The van der Waals surface area contributed by atoms with E-state index < -0.39 is 0 Å². The topological polar surface area (TPSA) is 37.4 Å². The molecular weight excluding hydrogens is 360 g/mol. The van der Waals surface area contributed by atoms with Crippen molar-refractivity contribution in [3.05, 3.63) is 45.3 Å². The molecule has 0 aromatic heterocycles. The first-order valence-electron chi connectivity index (χ1n) is 6.07. The van der Waals surface area contributed by atoms with Crippen LogP contribution in [0.5, 0.6) is 0 Å². The SMILES string of the molecule is O=C1c2ccccc2C(=O)N1CCCC/C=C(/F)I. The van der Waals surface area contributed by atoms with Gasteiger partial charge in [0.1, 0.15) is 0 Å². The second-order valence-electron chi connectivity index (χ2n) is 4.30. The largest absolute Gasteiger partial charge is 0.274 e. The van der Waals surface area contributed by atoms with Gasteiger partial charge in [-0.3, -0.25) is 14.5 Å². The molecule has 0 fully saturated rings. The number of halogens is 2. The molecule has 0 saturated heterocycles. The first-order chi connectivity index (χ1) is 9.11. The number of benzene rings is 1. The molecule has 0 atom stereocenters. The number of nitrogens with zero attached hydrogens (tertiary/aromatic N) is 1.